The van der Waals surface area contributed by atoms with Crippen molar-refractivity contribution in [2.24, 2.45) is 0 Å². The molecule has 0 saturated heterocycles. The second kappa shape index (κ2) is 7.01. The highest BCUT2D eigenvalue weighted by Gasteiger charge is 2.37. The second-order valence-corrected chi connectivity index (χ2v) is 6.15. The number of esters is 1. The first-order valence-electron chi connectivity index (χ1n) is 8.51. The summed E-state index contributed by atoms with van der Waals surface area (Å²) in [4.78, 5) is 49.0. The van der Waals surface area contributed by atoms with E-state index in [0.717, 1.165) is 4.90 Å². The van der Waals surface area contributed by atoms with Crippen LogP contribution in [0, 0.1) is 10.1 Å². The maximum absolute atomic E-state index is 12.7. The van der Waals surface area contributed by atoms with E-state index in [1.807, 2.05) is 0 Å². The van der Waals surface area contributed by atoms with Crippen LogP contribution in [-0.4, -0.2) is 22.7 Å². The molecule has 0 aromatic heterocycles. The first kappa shape index (κ1) is 18.1. The molecule has 3 aromatic carbocycles. The van der Waals surface area contributed by atoms with Gasteiger partial charge in [-0.2, -0.15) is 0 Å². The van der Waals surface area contributed by atoms with Crippen molar-refractivity contribution in [3.63, 3.8) is 0 Å². The molecule has 0 aliphatic carbocycles. The van der Waals surface area contributed by atoms with Crippen molar-refractivity contribution in [3.8, 4) is 5.75 Å². The number of hydrogen-bond donors (Lipinski definition) is 0. The van der Waals surface area contributed by atoms with Crippen molar-refractivity contribution >= 4 is 29.2 Å². The number of hydrogen-bond acceptors (Lipinski definition) is 6. The Kier molecular flexibility index (Phi) is 4.36. The Hall–Kier alpha value is -4.33. The van der Waals surface area contributed by atoms with Crippen molar-refractivity contribution in [1.82, 2.24) is 0 Å². The lowest BCUT2D eigenvalue weighted by Crippen LogP contribution is -2.30. The van der Waals surface area contributed by atoms with Gasteiger partial charge in [0.1, 0.15) is 0 Å². The lowest BCUT2D eigenvalue weighted by Gasteiger charge is -2.17. The number of fused-ring (bicyclic) bond motifs is 1. The van der Waals surface area contributed by atoms with E-state index in [9.17, 15) is 24.5 Å². The Morgan fingerprint density at radius 2 is 1.38 bits per heavy atom. The molecule has 8 nitrogen and oxygen atoms in total. The van der Waals surface area contributed by atoms with Gasteiger partial charge in [0.2, 0.25) is 0 Å². The van der Waals surface area contributed by atoms with Crippen LogP contribution in [-0.2, 0) is 0 Å². The first-order chi connectivity index (χ1) is 14.0. The summed E-state index contributed by atoms with van der Waals surface area (Å²) in [6, 6.07) is 17.5. The molecule has 0 fully saturated rings. The molecule has 0 atom stereocenters. The van der Waals surface area contributed by atoms with Gasteiger partial charge in [0.15, 0.2) is 5.75 Å². The van der Waals surface area contributed by atoms with Gasteiger partial charge >= 0.3 is 5.97 Å². The fourth-order valence-electron chi connectivity index (χ4n) is 3.01. The van der Waals surface area contributed by atoms with Crippen molar-refractivity contribution < 1.29 is 24.0 Å². The minimum Gasteiger partial charge on any atom is -0.421 e. The number of ether oxygens (including phenoxy) is 1. The van der Waals surface area contributed by atoms with E-state index in [4.69, 9.17) is 4.74 Å². The summed E-state index contributed by atoms with van der Waals surface area (Å²) in [5.41, 5.74) is 0.609. The van der Waals surface area contributed by atoms with Crippen LogP contribution in [0.4, 0.5) is 11.4 Å². The largest absolute Gasteiger partial charge is 0.421 e. The molecule has 4 rings (SSSR count). The molecule has 3 aromatic rings. The molecule has 1 aliphatic heterocycles. The summed E-state index contributed by atoms with van der Waals surface area (Å²) >= 11 is 0. The molecular formula is C21H12N2O6. The summed E-state index contributed by atoms with van der Waals surface area (Å²) in [7, 11) is 0. The summed E-state index contributed by atoms with van der Waals surface area (Å²) < 4.78 is 5.38. The number of non-ortho nitro benzene ring substituents is 1. The number of benzene rings is 3. The van der Waals surface area contributed by atoms with E-state index in [-0.39, 0.29) is 33.8 Å². The van der Waals surface area contributed by atoms with E-state index < -0.39 is 22.7 Å². The molecular weight excluding hydrogens is 376 g/mol. The Morgan fingerprint density at radius 3 is 1.97 bits per heavy atom. The van der Waals surface area contributed by atoms with E-state index in [1.165, 1.54) is 36.4 Å². The predicted octanol–water partition coefficient (Wildman–Crippen LogP) is 3.61. The van der Waals surface area contributed by atoms with Gasteiger partial charge in [0.05, 0.1) is 27.3 Å². The Labute approximate surface area is 164 Å². The Bertz CT molecular complexity index is 1130. The average molecular weight is 388 g/mol. The van der Waals surface area contributed by atoms with Crippen LogP contribution >= 0.6 is 0 Å². The average Bonchev–Trinajstić information content (AvgIpc) is 2.99. The number of carbonyl (C=O) groups excluding carboxylic acids is 3. The highest BCUT2D eigenvalue weighted by atomic mass is 16.6. The number of amides is 2. The topological polar surface area (TPSA) is 107 Å². The number of para-hydroxylation sites is 2. The van der Waals surface area contributed by atoms with Crippen molar-refractivity contribution in [2.45, 2.75) is 0 Å². The van der Waals surface area contributed by atoms with Gasteiger partial charge in [0, 0.05) is 12.1 Å². The number of carbonyl (C=O) groups is 3. The van der Waals surface area contributed by atoms with E-state index in [2.05, 4.69) is 0 Å². The van der Waals surface area contributed by atoms with Crippen LogP contribution < -0.4 is 9.64 Å². The molecule has 0 bridgehead atoms. The summed E-state index contributed by atoms with van der Waals surface area (Å²) in [5, 5.41) is 10.7. The van der Waals surface area contributed by atoms with Crippen LogP contribution in [0.5, 0.6) is 5.75 Å². The molecule has 0 unspecified atom stereocenters. The van der Waals surface area contributed by atoms with E-state index >= 15 is 0 Å². The van der Waals surface area contributed by atoms with Gasteiger partial charge in [-0.15, -0.1) is 0 Å². The van der Waals surface area contributed by atoms with Crippen LogP contribution in [0.2, 0.25) is 0 Å². The van der Waals surface area contributed by atoms with Gasteiger partial charge in [-0.05, 0) is 36.4 Å². The molecule has 0 saturated carbocycles. The minimum atomic E-state index is -0.774. The summed E-state index contributed by atoms with van der Waals surface area (Å²) in [6.07, 6.45) is 0. The maximum Gasteiger partial charge on any atom is 0.343 e. The molecule has 0 radical (unpaired) electrons. The van der Waals surface area contributed by atoms with Crippen molar-refractivity contribution in [2.75, 3.05) is 4.90 Å². The number of nitrogens with zero attached hydrogens (tertiary/aromatic N) is 2. The summed E-state index contributed by atoms with van der Waals surface area (Å²) in [6.45, 7) is 0. The standard InChI is InChI=1S/C21H12N2O6/c24-19-15-5-1-2-6-16(15)20(25)22(19)17-7-3-4-8-18(17)29-21(26)13-9-11-14(12-10-13)23(27)28/h1-12H. The van der Waals surface area contributed by atoms with Crippen LogP contribution in [0.1, 0.15) is 31.1 Å². The summed E-state index contributed by atoms with van der Waals surface area (Å²) in [5.74, 6) is -1.77. The Morgan fingerprint density at radius 1 is 0.828 bits per heavy atom. The van der Waals surface area contributed by atoms with Gasteiger partial charge in [-0.1, -0.05) is 24.3 Å². The van der Waals surface area contributed by atoms with Crippen LogP contribution in [0.15, 0.2) is 72.8 Å². The lowest BCUT2D eigenvalue weighted by atomic mass is 10.1. The minimum absolute atomic E-state index is 0.0189. The highest BCUT2D eigenvalue weighted by Crippen LogP contribution is 2.35. The zero-order chi connectivity index (χ0) is 20.5. The third kappa shape index (κ3) is 3.12. The van der Waals surface area contributed by atoms with Crippen molar-refractivity contribution in [1.29, 1.82) is 0 Å². The number of rotatable bonds is 4. The number of nitro benzene ring substituents is 1. The lowest BCUT2D eigenvalue weighted by molar-refractivity contribution is -0.384. The number of nitro groups is 1. The molecule has 1 heterocycles. The fourth-order valence-corrected chi connectivity index (χ4v) is 3.01. The molecule has 2 amide bonds. The van der Waals surface area contributed by atoms with Crippen molar-refractivity contribution in [3.05, 3.63) is 99.6 Å². The quantitative estimate of drug-likeness (QED) is 0.222. The normalized spacial score (nSPS) is 12.6. The maximum atomic E-state index is 12.7. The number of imide groups is 1. The van der Waals surface area contributed by atoms with E-state index in [1.54, 1.807) is 36.4 Å². The molecule has 1 aliphatic rings. The predicted molar refractivity (Wildman–Crippen MR) is 102 cm³/mol. The second-order valence-electron chi connectivity index (χ2n) is 6.15. The molecule has 29 heavy (non-hydrogen) atoms. The Balaban J connectivity index is 1.64. The molecule has 0 spiro atoms. The fraction of sp³-hybridized carbons (Fsp3) is 0. The molecule has 142 valence electrons. The van der Waals surface area contributed by atoms with Gasteiger partial charge < -0.3 is 4.74 Å². The molecule has 0 N–H and O–H groups in total. The first-order valence-corrected chi connectivity index (χ1v) is 8.51. The van der Waals surface area contributed by atoms with Gasteiger partial charge in [-0.25, -0.2) is 9.69 Å². The smallest absolute Gasteiger partial charge is 0.343 e. The van der Waals surface area contributed by atoms with Gasteiger partial charge in [0.25, 0.3) is 17.5 Å². The van der Waals surface area contributed by atoms with Crippen LogP contribution in [0.25, 0.3) is 0 Å². The SMILES string of the molecule is O=C(Oc1ccccc1N1C(=O)c2ccccc2C1=O)c1ccc([N+](=O)[O-])cc1. The molecule has 8 heteroatoms. The third-order valence-electron chi connectivity index (χ3n) is 4.42. The van der Waals surface area contributed by atoms with Crippen LogP contribution in [0.3, 0.4) is 0 Å². The third-order valence-corrected chi connectivity index (χ3v) is 4.42. The zero-order valence-electron chi connectivity index (χ0n) is 14.8. The number of anilines is 1. The zero-order valence-corrected chi connectivity index (χ0v) is 14.8. The van der Waals surface area contributed by atoms with Gasteiger partial charge in [-0.3, -0.25) is 19.7 Å². The highest BCUT2D eigenvalue weighted by molar-refractivity contribution is 6.34. The van der Waals surface area contributed by atoms with E-state index in [0.29, 0.717) is 0 Å². The monoisotopic (exact) mass is 388 g/mol.